The van der Waals surface area contributed by atoms with Crippen LogP contribution in [-0.2, 0) is 4.74 Å². The summed E-state index contributed by atoms with van der Waals surface area (Å²) in [5.41, 5.74) is 3.17. The first-order valence-corrected chi connectivity index (χ1v) is 10.7. The molecule has 2 amide bonds. The molecule has 0 aliphatic carbocycles. The van der Waals surface area contributed by atoms with Crippen molar-refractivity contribution < 1.29 is 14.3 Å². The van der Waals surface area contributed by atoms with E-state index in [2.05, 4.69) is 25.5 Å². The monoisotopic (exact) mass is 431 g/mol. The van der Waals surface area contributed by atoms with E-state index in [4.69, 9.17) is 4.74 Å². The number of rotatable bonds is 6. The van der Waals surface area contributed by atoms with Crippen molar-refractivity contribution >= 4 is 29.2 Å². The fourth-order valence-corrected chi connectivity index (χ4v) is 3.67. The lowest BCUT2D eigenvalue weighted by atomic mass is 10.1. The molecule has 1 aliphatic heterocycles. The van der Waals surface area contributed by atoms with Gasteiger partial charge in [-0.25, -0.2) is 14.6 Å². The molecule has 8 heteroatoms. The van der Waals surface area contributed by atoms with Gasteiger partial charge in [0.2, 0.25) is 0 Å². The molecule has 0 radical (unpaired) electrons. The molecular weight excluding hydrogens is 406 g/mol. The molecule has 2 aromatic carbocycles. The largest absolute Gasteiger partial charge is 0.462 e. The Morgan fingerprint density at radius 3 is 2.41 bits per heavy atom. The first-order chi connectivity index (χ1) is 15.6. The van der Waals surface area contributed by atoms with Crippen LogP contribution in [0, 0.1) is 0 Å². The molecule has 164 valence electrons. The van der Waals surface area contributed by atoms with Gasteiger partial charge < -0.3 is 20.3 Å². The minimum atomic E-state index is -0.429. The molecule has 0 unspecified atom stereocenters. The molecule has 0 atom stereocenters. The van der Waals surface area contributed by atoms with Gasteiger partial charge >= 0.3 is 12.0 Å². The lowest BCUT2D eigenvalue weighted by Gasteiger charge is -2.19. The minimum absolute atomic E-state index is 0.290. The number of urea groups is 1. The summed E-state index contributed by atoms with van der Waals surface area (Å²) >= 11 is 0. The average molecular weight is 431 g/mol. The molecule has 2 heterocycles. The van der Waals surface area contributed by atoms with Gasteiger partial charge in [0, 0.05) is 42.4 Å². The Labute approximate surface area is 186 Å². The molecule has 3 aromatic rings. The molecule has 32 heavy (non-hydrogen) atoms. The summed E-state index contributed by atoms with van der Waals surface area (Å²) < 4.78 is 5.00. The smallest absolute Gasteiger partial charge is 0.338 e. The Hall–Kier alpha value is -3.94. The Bertz CT molecular complexity index is 1110. The molecule has 1 aromatic heterocycles. The lowest BCUT2D eigenvalue weighted by Crippen LogP contribution is -2.20. The Balaban J connectivity index is 1.48. The fraction of sp³-hybridized carbons (Fsp3) is 0.250. The highest BCUT2D eigenvalue weighted by atomic mass is 16.5. The highest BCUT2D eigenvalue weighted by Gasteiger charge is 2.19. The minimum Gasteiger partial charge on any atom is -0.462 e. The summed E-state index contributed by atoms with van der Waals surface area (Å²) in [4.78, 5) is 35.8. The highest BCUT2D eigenvalue weighted by molar-refractivity contribution is 6.01. The van der Waals surface area contributed by atoms with Crippen molar-refractivity contribution in [1.29, 1.82) is 0 Å². The summed E-state index contributed by atoms with van der Waals surface area (Å²) in [6.45, 7) is 3.98. The van der Waals surface area contributed by atoms with E-state index in [0.717, 1.165) is 43.0 Å². The summed E-state index contributed by atoms with van der Waals surface area (Å²) in [5, 5.41) is 5.58. The summed E-state index contributed by atoms with van der Waals surface area (Å²) in [6, 6.07) is 13.7. The van der Waals surface area contributed by atoms with E-state index in [-0.39, 0.29) is 0 Å². The molecule has 1 saturated heterocycles. The van der Waals surface area contributed by atoms with Gasteiger partial charge in [-0.2, -0.15) is 0 Å². The Morgan fingerprint density at radius 2 is 1.66 bits per heavy atom. The van der Waals surface area contributed by atoms with Crippen molar-refractivity contribution in [2.45, 2.75) is 19.8 Å². The maximum absolute atomic E-state index is 12.5. The van der Waals surface area contributed by atoms with Crippen LogP contribution in [0.15, 0.2) is 60.9 Å². The van der Waals surface area contributed by atoms with E-state index >= 15 is 0 Å². The van der Waals surface area contributed by atoms with Gasteiger partial charge in [0.25, 0.3) is 0 Å². The molecule has 2 N–H and O–H groups in total. The van der Waals surface area contributed by atoms with E-state index in [0.29, 0.717) is 23.5 Å². The van der Waals surface area contributed by atoms with E-state index in [1.165, 1.54) is 0 Å². The predicted molar refractivity (Wildman–Crippen MR) is 124 cm³/mol. The topological polar surface area (TPSA) is 96.4 Å². The van der Waals surface area contributed by atoms with Crippen LogP contribution in [0.25, 0.3) is 11.3 Å². The zero-order valence-corrected chi connectivity index (χ0v) is 17.9. The van der Waals surface area contributed by atoms with Crippen molar-refractivity contribution in [1.82, 2.24) is 9.97 Å². The van der Waals surface area contributed by atoms with Crippen molar-refractivity contribution in [3.8, 4) is 11.3 Å². The van der Waals surface area contributed by atoms with Crippen LogP contribution in [0.5, 0.6) is 0 Å². The van der Waals surface area contributed by atoms with E-state index in [1.54, 1.807) is 43.6 Å². The molecule has 0 saturated carbocycles. The number of esters is 1. The van der Waals surface area contributed by atoms with E-state index in [1.807, 2.05) is 24.3 Å². The van der Waals surface area contributed by atoms with Crippen molar-refractivity contribution in [3.05, 3.63) is 66.5 Å². The normalized spacial score (nSPS) is 13.0. The number of benzene rings is 2. The fourth-order valence-electron chi connectivity index (χ4n) is 3.67. The van der Waals surface area contributed by atoms with Crippen LogP contribution >= 0.6 is 0 Å². The van der Waals surface area contributed by atoms with Crippen molar-refractivity contribution in [2.24, 2.45) is 0 Å². The lowest BCUT2D eigenvalue weighted by molar-refractivity contribution is 0.0526. The number of ether oxygens (including phenoxy) is 1. The molecule has 1 aliphatic rings. The summed E-state index contributed by atoms with van der Waals surface area (Å²) in [7, 11) is 0. The number of nitrogens with one attached hydrogen (secondary N) is 2. The maximum atomic E-state index is 12.5. The third-order valence-electron chi connectivity index (χ3n) is 5.11. The highest BCUT2D eigenvalue weighted by Crippen LogP contribution is 2.30. The van der Waals surface area contributed by atoms with Crippen LogP contribution in [0.4, 0.5) is 22.0 Å². The first-order valence-electron chi connectivity index (χ1n) is 10.7. The molecule has 8 nitrogen and oxygen atoms in total. The average Bonchev–Trinajstić information content (AvgIpc) is 3.34. The first kappa shape index (κ1) is 21.3. The maximum Gasteiger partial charge on any atom is 0.338 e. The van der Waals surface area contributed by atoms with E-state index < -0.39 is 12.0 Å². The van der Waals surface area contributed by atoms with Gasteiger partial charge in [-0.15, -0.1) is 0 Å². The predicted octanol–water partition coefficient (Wildman–Crippen LogP) is 4.56. The molecular formula is C24H25N5O3. The second-order valence-corrected chi connectivity index (χ2v) is 7.38. The number of hydrogen-bond donors (Lipinski definition) is 2. The molecule has 0 bridgehead atoms. The Kier molecular flexibility index (Phi) is 6.60. The van der Waals surface area contributed by atoms with Crippen LogP contribution in [0.3, 0.4) is 0 Å². The van der Waals surface area contributed by atoms with Gasteiger partial charge in [0.1, 0.15) is 5.69 Å². The summed E-state index contributed by atoms with van der Waals surface area (Å²) in [6.07, 6.45) is 5.68. The summed E-state index contributed by atoms with van der Waals surface area (Å²) in [5.74, 6) is 0.435. The number of nitrogens with zero attached hydrogens (tertiary/aromatic N) is 3. The number of anilines is 3. The number of carbonyl (C=O) groups is 2. The third kappa shape index (κ3) is 5.03. The number of amides is 2. The number of hydrogen-bond acceptors (Lipinski definition) is 6. The number of aromatic nitrogens is 2. The molecule has 0 spiro atoms. The van der Waals surface area contributed by atoms with Gasteiger partial charge in [-0.3, -0.25) is 4.98 Å². The molecule has 4 rings (SSSR count). The zero-order chi connectivity index (χ0) is 22.3. The Morgan fingerprint density at radius 1 is 0.969 bits per heavy atom. The van der Waals surface area contributed by atoms with Gasteiger partial charge in [0.15, 0.2) is 5.82 Å². The second kappa shape index (κ2) is 9.91. The number of carbonyl (C=O) groups excluding carboxylic acids is 2. The van der Waals surface area contributed by atoms with Crippen LogP contribution in [-0.4, -0.2) is 41.7 Å². The van der Waals surface area contributed by atoms with Crippen LogP contribution in [0.2, 0.25) is 0 Å². The van der Waals surface area contributed by atoms with Crippen molar-refractivity contribution in [2.75, 3.05) is 35.2 Å². The zero-order valence-electron chi connectivity index (χ0n) is 17.9. The quantitative estimate of drug-likeness (QED) is 0.555. The third-order valence-corrected chi connectivity index (χ3v) is 5.11. The van der Waals surface area contributed by atoms with Gasteiger partial charge in [0.05, 0.1) is 12.2 Å². The van der Waals surface area contributed by atoms with Crippen molar-refractivity contribution in [3.63, 3.8) is 0 Å². The van der Waals surface area contributed by atoms with E-state index in [9.17, 15) is 9.59 Å². The van der Waals surface area contributed by atoms with Crippen LogP contribution in [0.1, 0.15) is 30.1 Å². The van der Waals surface area contributed by atoms with Gasteiger partial charge in [-0.05, 0) is 50.1 Å². The SMILES string of the molecule is CCOC(=O)c1cccc(NC(=O)Nc2cccc(-c3nccnc3N3CCCC3)c2)c1. The molecule has 1 fully saturated rings. The van der Waals surface area contributed by atoms with Crippen LogP contribution < -0.4 is 15.5 Å². The van der Waals surface area contributed by atoms with Gasteiger partial charge in [-0.1, -0.05) is 18.2 Å². The second-order valence-electron chi connectivity index (χ2n) is 7.38. The standard InChI is InChI=1S/C24H25N5O3/c1-2-32-23(30)18-8-6-10-20(16-18)28-24(31)27-19-9-5-7-17(15-19)21-22(26-12-11-25-21)29-13-3-4-14-29/h5-12,15-16H,2-4,13-14H2,1H3,(H2,27,28,31).